The number of hydrogen-bond acceptors (Lipinski definition) is 2. The lowest BCUT2D eigenvalue weighted by molar-refractivity contribution is -0.117. The highest BCUT2D eigenvalue weighted by Crippen LogP contribution is 2.08. The number of primary amides is 1. The predicted molar refractivity (Wildman–Crippen MR) is 50.7 cm³/mol. The third-order valence-electron chi connectivity index (χ3n) is 1.66. The van der Waals surface area contributed by atoms with Gasteiger partial charge in [-0.15, -0.1) is 0 Å². The fraction of sp³-hybridized carbons (Fsp3) is 0.875. The summed E-state index contributed by atoms with van der Waals surface area (Å²) in [5.41, 5.74) is 5.04. The minimum atomic E-state index is -0.301. The van der Waals surface area contributed by atoms with Crippen molar-refractivity contribution in [2.45, 2.75) is 44.3 Å². The maximum atomic E-state index is 10.5. The van der Waals surface area contributed by atoms with Crippen LogP contribution in [0.1, 0.15) is 39.0 Å². The number of amides is 1. The molecule has 0 fully saturated rings. The van der Waals surface area contributed by atoms with Gasteiger partial charge in [-0.2, -0.15) is 12.6 Å². The van der Waals surface area contributed by atoms with E-state index < -0.39 is 0 Å². The van der Waals surface area contributed by atoms with E-state index in [9.17, 15) is 4.79 Å². The molecule has 0 aromatic rings. The number of nitrogens with two attached hydrogens (primary N) is 1. The Labute approximate surface area is 74.0 Å². The molecule has 0 bridgehead atoms. The Morgan fingerprint density at radius 3 is 2.55 bits per heavy atom. The second kappa shape index (κ2) is 6.53. The highest BCUT2D eigenvalue weighted by molar-refractivity contribution is 7.81. The minimum absolute atomic E-state index is 0.244. The van der Waals surface area contributed by atoms with Crippen LogP contribution in [0.3, 0.4) is 0 Å². The predicted octanol–water partition coefficient (Wildman–Crippen LogP) is 1.74. The average Bonchev–Trinajstić information content (AvgIpc) is 1.97. The summed E-state index contributed by atoms with van der Waals surface area (Å²) in [7, 11) is 0. The average molecular weight is 175 g/mol. The smallest absolute Gasteiger partial charge is 0.230 e. The Balaban J connectivity index is 3.17. The van der Waals surface area contributed by atoms with Gasteiger partial charge in [0.1, 0.15) is 0 Å². The summed E-state index contributed by atoms with van der Waals surface area (Å²) in [5.74, 6) is -0.301. The fourth-order valence-electron chi connectivity index (χ4n) is 0.907. The summed E-state index contributed by atoms with van der Waals surface area (Å²) in [4.78, 5) is 10.5. The second-order valence-electron chi connectivity index (χ2n) is 2.77. The highest BCUT2D eigenvalue weighted by atomic mass is 32.1. The lowest BCUT2D eigenvalue weighted by atomic mass is 10.1. The Kier molecular flexibility index (Phi) is 6.42. The van der Waals surface area contributed by atoms with E-state index in [1.165, 1.54) is 19.3 Å². The molecular weight excluding hydrogens is 158 g/mol. The summed E-state index contributed by atoms with van der Waals surface area (Å²) in [6.07, 6.45) is 5.51. The topological polar surface area (TPSA) is 43.1 Å². The van der Waals surface area contributed by atoms with Crippen molar-refractivity contribution < 1.29 is 4.79 Å². The normalized spacial score (nSPS) is 12.9. The molecule has 0 aliphatic carbocycles. The number of hydrogen-bond donors (Lipinski definition) is 2. The highest BCUT2D eigenvalue weighted by Gasteiger charge is 2.07. The van der Waals surface area contributed by atoms with E-state index in [2.05, 4.69) is 19.6 Å². The first-order chi connectivity index (χ1) is 5.18. The Morgan fingerprint density at radius 1 is 1.45 bits per heavy atom. The molecule has 1 amide bonds. The first kappa shape index (κ1) is 10.8. The second-order valence-corrected chi connectivity index (χ2v) is 3.39. The summed E-state index contributed by atoms with van der Waals surface area (Å²) in [6.45, 7) is 2.16. The SMILES string of the molecule is CCCCCC[C@H](S)C(N)=O. The molecule has 0 aliphatic rings. The van der Waals surface area contributed by atoms with E-state index in [1.807, 2.05) is 0 Å². The van der Waals surface area contributed by atoms with E-state index in [0.29, 0.717) is 0 Å². The van der Waals surface area contributed by atoms with Crippen molar-refractivity contribution in [3.8, 4) is 0 Å². The number of thiol groups is 1. The maximum absolute atomic E-state index is 10.5. The molecule has 0 spiro atoms. The van der Waals surface area contributed by atoms with Gasteiger partial charge in [-0.1, -0.05) is 32.6 Å². The van der Waals surface area contributed by atoms with Crippen LogP contribution >= 0.6 is 12.6 Å². The first-order valence-electron chi connectivity index (χ1n) is 4.16. The van der Waals surface area contributed by atoms with Gasteiger partial charge in [0.05, 0.1) is 5.25 Å². The van der Waals surface area contributed by atoms with Crippen LogP contribution in [0.2, 0.25) is 0 Å². The lowest BCUT2D eigenvalue weighted by Crippen LogP contribution is -2.23. The van der Waals surface area contributed by atoms with Crippen LogP contribution in [0.15, 0.2) is 0 Å². The molecule has 2 N–H and O–H groups in total. The van der Waals surface area contributed by atoms with Crippen LogP contribution in [-0.2, 0) is 4.79 Å². The van der Waals surface area contributed by atoms with Gasteiger partial charge in [0.25, 0.3) is 0 Å². The van der Waals surface area contributed by atoms with Crippen molar-refractivity contribution in [3.05, 3.63) is 0 Å². The minimum Gasteiger partial charge on any atom is -0.369 e. The molecule has 0 aromatic heterocycles. The van der Waals surface area contributed by atoms with E-state index in [-0.39, 0.29) is 11.2 Å². The quantitative estimate of drug-likeness (QED) is 0.468. The monoisotopic (exact) mass is 175 g/mol. The number of carbonyl (C=O) groups is 1. The standard InChI is InChI=1S/C8H17NOS/c1-2-3-4-5-6-7(11)8(9)10/h7,11H,2-6H2,1H3,(H2,9,10)/t7-/m0/s1. The zero-order valence-corrected chi connectivity index (χ0v) is 7.94. The summed E-state index contributed by atoms with van der Waals surface area (Å²) in [5, 5.41) is -0.244. The van der Waals surface area contributed by atoms with Crippen LogP contribution in [0, 0.1) is 0 Å². The van der Waals surface area contributed by atoms with Gasteiger partial charge in [0.2, 0.25) is 5.91 Å². The van der Waals surface area contributed by atoms with E-state index >= 15 is 0 Å². The molecule has 0 saturated heterocycles. The maximum Gasteiger partial charge on any atom is 0.230 e. The number of rotatable bonds is 6. The molecule has 0 unspecified atom stereocenters. The lowest BCUT2D eigenvalue weighted by Gasteiger charge is -2.04. The zero-order chi connectivity index (χ0) is 8.69. The van der Waals surface area contributed by atoms with Crippen molar-refractivity contribution >= 4 is 18.5 Å². The molecule has 0 saturated carbocycles. The van der Waals surface area contributed by atoms with E-state index in [1.54, 1.807) is 0 Å². The van der Waals surface area contributed by atoms with Gasteiger partial charge in [-0.25, -0.2) is 0 Å². The van der Waals surface area contributed by atoms with Gasteiger partial charge in [0, 0.05) is 0 Å². The Morgan fingerprint density at radius 2 is 2.09 bits per heavy atom. The molecule has 0 aliphatic heterocycles. The third-order valence-corrected chi connectivity index (χ3v) is 2.17. The number of carbonyl (C=O) groups excluding carboxylic acids is 1. The van der Waals surface area contributed by atoms with Crippen LogP contribution in [0.25, 0.3) is 0 Å². The van der Waals surface area contributed by atoms with Crippen molar-refractivity contribution in [3.63, 3.8) is 0 Å². The van der Waals surface area contributed by atoms with Gasteiger partial charge >= 0.3 is 0 Å². The van der Waals surface area contributed by atoms with Crippen LogP contribution in [0.4, 0.5) is 0 Å². The molecule has 0 radical (unpaired) electrons. The molecule has 0 aromatic carbocycles. The molecule has 3 heteroatoms. The van der Waals surface area contributed by atoms with Crippen LogP contribution in [-0.4, -0.2) is 11.2 Å². The van der Waals surface area contributed by atoms with E-state index in [0.717, 1.165) is 12.8 Å². The van der Waals surface area contributed by atoms with Crippen LogP contribution < -0.4 is 5.73 Å². The van der Waals surface area contributed by atoms with Gasteiger partial charge in [0.15, 0.2) is 0 Å². The molecular formula is C8H17NOS. The van der Waals surface area contributed by atoms with Crippen molar-refractivity contribution in [2.75, 3.05) is 0 Å². The van der Waals surface area contributed by atoms with Gasteiger partial charge in [-0.3, -0.25) is 4.79 Å². The Hall–Kier alpha value is -0.180. The van der Waals surface area contributed by atoms with E-state index in [4.69, 9.17) is 5.73 Å². The van der Waals surface area contributed by atoms with Gasteiger partial charge in [-0.05, 0) is 6.42 Å². The summed E-state index contributed by atoms with van der Waals surface area (Å²) in [6, 6.07) is 0. The molecule has 2 nitrogen and oxygen atoms in total. The zero-order valence-electron chi connectivity index (χ0n) is 7.05. The van der Waals surface area contributed by atoms with Crippen LogP contribution in [0.5, 0.6) is 0 Å². The van der Waals surface area contributed by atoms with Crippen molar-refractivity contribution in [1.29, 1.82) is 0 Å². The summed E-state index contributed by atoms with van der Waals surface area (Å²) >= 11 is 4.05. The molecule has 66 valence electrons. The summed E-state index contributed by atoms with van der Waals surface area (Å²) < 4.78 is 0. The molecule has 0 rings (SSSR count). The molecule has 0 heterocycles. The van der Waals surface area contributed by atoms with Gasteiger partial charge < -0.3 is 5.73 Å². The first-order valence-corrected chi connectivity index (χ1v) is 4.67. The van der Waals surface area contributed by atoms with Crippen molar-refractivity contribution in [2.24, 2.45) is 5.73 Å². The Bertz CT molecular complexity index is 117. The molecule has 1 atom stereocenters. The molecule has 11 heavy (non-hydrogen) atoms. The fourth-order valence-corrected chi connectivity index (χ4v) is 1.09. The third kappa shape index (κ3) is 6.23. The largest absolute Gasteiger partial charge is 0.369 e. The number of unbranched alkanes of at least 4 members (excludes halogenated alkanes) is 3. The van der Waals surface area contributed by atoms with Crippen molar-refractivity contribution in [1.82, 2.24) is 0 Å².